The van der Waals surface area contributed by atoms with E-state index in [1.54, 1.807) is 12.1 Å². The largest absolute Gasteiger partial charge is 0.234 e. The van der Waals surface area contributed by atoms with E-state index in [4.69, 9.17) is 0 Å². The van der Waals surface area contributed by atoms with Gasteiger partial charge in [-0.05, 0) is 45.4 Å². The van der Waals surface area contributed by atoms with Crippen LogP contribution in [-0.4, -0.2) is 14.7 Å². The molecule has 17 heavy (non-hydrogen) atoms. The van der Waals surface area contributed by atoms with Crippen molar-refractivity contribution in [1.29, 1.82) is 0 Å². The molecule has 0 fully saturated rings. The van der Waals surface area contributed by atoms with Crippen molar-refractivity contribution in [2.24, 2.45) is 4.40 Å². The summed E-state index contributed by atoms with van der Waals surface area (Å²) < 4.78 is 28.3. The standard InChI is InChI=1S/C13H18FNOS/c1-10(15-17(16)13(2,3)4)9-11-5-7-12(14)8-6-11/h5-8H,9H2,1-4H3. The summed E-state index contributed by atoms with van der Waals surface area (Å²) in [5, 5.41) is 0. The molecular formula is C13H18FNOS. The average Bonchev–Trinajstić information content (AvgIpc) is 2.20. The van der Waals surface area contributed by atoms with Crippen molar-refractivity contribution in [3.63, 3.8) is 0 Å². The van der Waals surface area contributed by atoms with Crippen molar-refractivity contribution >= 4 is 16.7 Å². The summed E-state index contributed by atoms with van der Waals surface area (Å²) in [6.07, 6.45) is 0.599. The summed E-state index contributed by atoms with van der Waals surface area (Å²) in [6.45, 7) is 7.50. The van der Waals surface area contributed by atoms with Crippen LogP contribution in [0.3, 0.4) is 0 Å². The van der Waals surface area contributed by atoms with Gasteiger partial charge in [0.2, 0.25) is 0 Å². The highest BCUT2D eigenvalue weighted by atomic mass is 32.2. The Kier molecular flexibility index (Phi) is 4.57. The van der Waals surface area contributed by atoms with Crippen molar-refractivity contribution in [3.05, 3.63) is 35.6 Å². The number of halogens is 1. The van der Waals surface area contributed by atoms with E-state index >= 15 is 0 Å². The molecule has 0 bridgehead atoms. The molecule has 0 aliphatic rings. The minimum Gasteiger partial charge on any atom is -0.234 e. The molecule has 1 atom stereocenters. The van der Waals surface area contributed by atoms with Crippen LogP contribution in [0, 0.1) is 5.82 Å². The molecule has 1 rings (SSSR count). The molecule has 4 heteroatoms. The normalized spacial score (nSPS) is 14.8. The van der Waals surface area contributed by atoms with E-state index in [9.17, 15) is 8.60 Å². The van der Waals surface area contributed by atoms with Gasteiger partial charge in [0, 0.05) is 12.1 Å². The number of rotatable bonds is 3. The summed E-state index contributed by atoms with van der Waals surface area (Å²) in [7, 11) is -1.23. The molecule has 0 saturated heterocycles. The minimum atomic E-state index is -1.23. The third-order valence-electron chi connectivity index (χ3n) is 2.14. The topological polar surface area (TPSA) is 29.4 Å². The Morgan fingerprint density at radius 1 is 1.29 bits per heavy atom. The van der Waals surface area contributed by atoms with Crippen LogP contribution < -0.4 is 0 Å². The van der Waals surface area contributed by atoms with Gasteiger partial charge in [0.15, 0.2) is 0 Å². The summed E-state index contributed by atoms with van der Waals surface area (Å²) >= 11 is 0. The van der Waals surface area contributed by atoms with Crippen LogP contribution in [0.1, 0.15) is 33.3 Å². The van der Waals surface area contributed by atoms with Crippen LogP contribution in [0.5, 0.6) is 0 Å². The fourth-order valence-corrected chi connectivity index (χ4v) is 1.83. The lowest BCUT2D eigenvalue weighted by atomic mass is 10.1. The Morgan fingerprint density at radius 3 is 2.29 bits per heavy atom. The Hall–Kier alpha value is -1.03. The molecule has 94 valence electrons. The molecule has 0 heterocycles. The lowest BCUT2D eigenvalue weighted by Crippen LogP contribution is -2.20. The molecule has 0 saturated carbocycles. The predicted molar refractivity (Wildman–Crippen MR) is 71.1 cm³/mol. The predicted octanol–water partition coefficient (Wildman–Crippen LogP) is 3.29. The number of hydrogen-bond acceptors (Lipinski definition) is 1. The van der Waals surface area contributed by atoms with Gasteiger partial charge in [-0.3, -0.25) is 0 Å². The molecule has 0 radical (unpaired) electrons. The second-order valence-electron chi connectivity index (χ2n) is 4.99. The second-order valence-corrected chi connectivity index (χ2v) is 6.90. The Bertz CT molecular complexity index is 432. The zero-order valence-electron chi connectivity index (χ0n) is 10.7. The highest BCUT2D eigenvalue weighted by Crippen LogP contribution is 2.13. The fourth-order valence-electron chi connectivity index (χ4n) is 1.21. The van der Waals surface area contributed by atoms with E-state index < -0.39 is 11.0 Å². The molecule has 0 aromatic heterocycles. The summed E-state index contributed by atoms with van der Waals surface area (Å²) in [5.74, 6) is -0.249. The molecule has 0 spiro atoms. The first kappa shape index (κ1) is 14.0. The van der Waals surface area contributed by atoms with Crippen LogP contribution in [0.15, 0.2) is 28.7 Å². The minimum absolute atomic E-state index is 0.249. The molecule has 0 aliphatic heterocycles. The molecular weight excluding hydrogens is 237 g/mol. The lowest BCUT2D eigenvalue weighted by Gasteiger charge is -2.14. The molecule has 1 aromatic rings. The summed E-state index contributed by atoms with van der Waals surface area (Å²) in [5.41, 5.74) is 1.77. The highest BCUT2D eigenvalue weighted by Gasteiger charge is 2.18. The number of nitrogens with zero attached hydrogens (tertiary/aromatic N) is 1. The van der Waals surface area contributed by atoms with Crippen LogP contribution in [0.4, 0.5) is 4.39 Å². The van der Waals surface area contributed by atoms with Gasteiger partial charge in [-0.15, -0.1) is 0 Å². The van der Waals surface area contributed by atoms with E-state index in [2.05, 4.69) is 4.40 Å². The van der Waals surface area contributed by atoms with Crippen LogP contribution in [0.25, 0.3) is 0 Å². The fraction of sp³-hybridized carbons (Fsp3) is 0.462. The average molecular weight is 255 g/mol. The molecule has 0 N–H and O–H groups in total. The zero-order chi connectivity index (χ0) is 13.1. The first-order chi connectivity index (χ1) is 7.79. The van der Waals surface area contributed by atoms with Crippen LogP contribution in [-0.2, 0) is 17.4 Å². The highest BCUT2D eigenvalue weighted by molar-refractivity contribution is 7.85. The first-order valence-electron chi connectivity index (χ1n) is 5.49. The summed E-state index contributed by atoms with van der Waals surface area (Å²) in [4.78, 5) is 0. The van der Waals surface area contributed by atoms with Crippen molar-refractivity contribution in [2.45, 2.75) is 38.9 Å². The summed E-state index contributed by atoms with van der Waals surface area (Å²) in [6, 6.07) is 6.27. The molecule has 1 aromatic carbocycles. The lowest BCUT2D eigenvalue weighted by molar-refractivity contribution is 0.627. The van der Waals surface area contributed by atoms with Crippen molar-refractivity contribution in [3.8, 4) is 0 Å². The van der Waals surface area contributed by atoms with E-state index in [0.717, 1.165) is 11.3 Å². The van der Waals surface area contributed by atoms with E-state index in [0.29, 0.717) is 6.42 Å². The van der Waals surface area contributed by atoms with Crippen molar-refractivity contribution < 1.29 is 8.60 Å². The van der Waals surface area contributed by atoms with Crippen LogP contribution in [0.2, 0.25) is 0 Å². The van der Waals surface area contributed by atoms with Gasteiger partial charge < -0.3 is 0 Å². The van der Waals surface area contributed by atoms with Gasteiger partial charge in [-0.25, -0.2) is 8.60 Å². The van der Waals surface area contributed by atoms with E-state index in [1.165, 1.54) is 12.1 Å². The molecule has 1 unspecified atom stereocenters. The SMILES string of the molecule is CC(Cc1ccc(F)cc1)=NS(=O)C(C)(C)C. The monoisotopic (exact) mass is 255 g/mol. The Labute approximate surface area is 105 Å². The maximum absolute atomic E-state index is 12.7. The Morgan fingerprint density at radius 2 is 1.82 bits per heavy atom. The third-order valence-corrected chi connectivity index (χ3v) is 3.66. The van der Waals surface area contributed by atoms with Gasteiger partial charge in [-0.2, -0.15) is 4.40 Å². The zero-order valence-corrected chi connectivity index (χ0v) is 11.5. The van der Waals surface area contributed by atoms with Crippen molar-refractivity contribution in [1.82, 2.24) is 0 Å². The smallest absolute Gasteiger partial charge is 0.144 e. The van der Waals surface area contributed by atoms with Crippen molar-refractivity contribution in [2.75, 3.05) is 0 Å². The maximum atomic E-state index is 12.7. The van der Waals surface area contributed by atoms with Gasteiger partial charge >= 0.3 is 0 Å². The van der Waals surface area contributed by atoms with Gasteiger partial charge in [0.1, 0.15) is 16.8 Å². The third kappa shape index (κ3) is 4.77. The molecule has 2 nitrogen and oxygen atoms in total. The van der Waals surface area contributed by atoms with Gasteiger partial charge in [0.05, 0.1) is 4.75 Å². The van der Waals surface area contributed by atoms with E-state index in [1.807, 2.05) is 27.7 Å². The van der Waals surface area contributed by atoms with Crippen LogP contribution >= 0.6 is 0 Å². The quantitative estimate of drug-likeness (QED) is 0.762. The van der Waals surface area contributed by atoms with Gasteiger partial charge in [0.25, 0.3) is 0 Å². The second kappa shape index (κ2) is 5.54. The molecule has 0 amide bonds. The van der Waals surface area contributed by atoms with Gasteiger partial charge in [-0.1, -0.05) is 12.1 Å². The maximum Gasteiger partial charge on any atom is 0.144 e. The Balaban J connectivity index is 2.72. The first-order valence-corrected chi connectivity index (χ1v) is 6.60. The van der Waals surface area contributed by atoms with E-state index in [-0.39, 0.29) is 10.6 Å². The number of hydrogen-bond donors (Lipinski definition) is 0. The number of benzene rings is 1. The molecule has 0 aliphatic carbocycles.